The second kappa shape index (κ2) is 8.62. The van der Waals surface area contributed by atoms with Crippen LogP contribution in [0.1, 0.15) is 58.9 Å². The van der Waals surface area contributed by atoms with Crippen molar-refractivity contribution in [2.75, 3.05) is 31.6 Å². The van der Waals surface area contributed by atoms with E-state index >= 15 is 0 Å². The lowest BCUT2D eigenvalue weighted by atomic mass is 9.96. The molecule has 0 bridgehead atoms. The van der Waals surface area contributed by atoms with Crippen LogP contribution in [0.3, 0.4) is 0 Å². The fourth-order valence-corrected chi connectivity index (χ4v) is 3.42. The molecule has 6 nitrogen and oxygen atoms in total. The van der Waals surface area contributed by atoms with Gasteiger partial charge >= 0.3 is 0 Å². The van der Waals surface area contributed by atoms with E-state index in [9.17, 15) is 4.79 Å². The Labute approximate surface area is 145 Å². The van der Waals surface area contributed by atoms with Crippen LogP contribution < -0.4 is 5.32 Å². The normalized spacial score (nSPS) is 16.0. The molecule has 1 saturated carbocycles. The minimum atomic E-state index is -0.0167. The number of aliphatic hydroxyl groups is 1. The number of amides is 1. The van der Waals surface area contributed by atoms with Crippen molar-refractivity contribution in [3.8, 4) is 0 Å². The molecule has 1 aliphatic rings. The van der Waals surface area contributed by atoms with Gasteiger partial charge in [0.1, 0.15) is 5.82 Å². The van der Waals surface area contributed by atoms with Crippen LogP contribution in [0, 0.1) is 5.41 Å². The molecule has 1 aromatic rings. The molecule has 24 heavy (non-hydrogen) atoms. The number of aliphatic hydroxyl groups excluding tert-OH is 1. The van der Waals surface area contributed by atoms with Gasteiger partial charge in [-0.05, 0) is 24.7 Å². The van der Waals surface area contributed by atoms with Gasteiger partial charge in [0.15, 0.2) is 0 Å². The molecule has 1 fully saturated rings. The van der Waals surface area contributed by atoms with Crippen molar-refractivity contribution in [1.29, 1.82) is 0 Å². The number of anilines is 1. The number of hydrogen-bond acceptors (Lipinski definition) is 4. The van der Waals surface area contributed by atoms with Crippen molar-refractivity contribution in [1.82, 2.24) is 14.7 Å². The van der Waals surface area contributed by atoms with Crippen molar-refractivity contribution in [3.63, 3.8) is 0 Å². The highest BCUT2D eigenvalue weighted by Crippen LogP contribution is 2.31. The fraction of sp³-hybridized carbons (Fsp3) is 0.778. The number of carbonyl (C=O) groups excluding carboxylic acids is 1. The first-order valence-corrected chi connectivity index (χ1v) is 9.05. The second-order valence-electron chi connectivity index (χ2n) is 8.00. The monoisotopic (exact) mass is 336 g/mol. The van der Waals surface area contributed by atoms with Gasteiger partial charge < -0.3 is 10.4 Å². The van der Waals surface area contributed by atoms with E-state index < -0.39 is 0 Å². The van der Waals surface area contributed by atoms with Gasteiger partial charge in [-0.1, -0.05) is 33.6 Å². The topological polar surface area (TPSA) is 70.4 Å². The van der Waals surface area contributed by atoms with Crippen LogP contribution in [0.25, 0.3) is 0 Å². The molecule has 0 aliphatic heterocycles. The van der Waals surface area contributed by atoms with Crippen molar-refractivity contribution < 1.29 is 9.90 Å². The zero-order chi connectivity index (χ0) is 17.6. The predicted molar refractivity (Wildman–Crippen MR) is 96.0 cm³/mol. The van der Waals surface area contributed by atoms with Gasteiger partial charge in [-0.2, -0.15) is 5.10 Å². The molecule has 0 radical (unpaired) electrons. The molecule has 136 valence electrons. The summed E-state index contributed by atoms with van der Waals surface area (Å²) < 4.78 is 1.97. The molecule has 1 aliphatic carbocycles. The Balaban J connectivity index is 1.94. The van der Waals surface area contributed by atoms with Gasteiger partial charge in [0.05, 0.1) is 18.8 Å². The molecule has 0 spiro atoms. The smallest absolute Gasteiger partial charge is 0.239 e. The standard InChI is InChI=1S/C18H32N4O2/c1-18(2,3)14-21(11-6-12-23)13-17(24)20-16-9-10-19-22(16)15-7-4-5-8-15/h9-10,15,23H,4-8,11-14H2,1-3H3,(H,20,24). The third kappa shape index (κ3) is 5.91. The first-order chi connectivity index (χ1) is 11.4. The Morgan fingerprint density at radius 2 is 2.12 bits per heavy atom. The highest BCUT2D eigenvalue weighted by molar-refractivity contribution is 5.91. The summed E-state index contributed by atoms with van der Waals surface area (Å²) in [6.45, 7) is 8.51. The van der Waals surface area contributed by atoms with Crippen LogP contribution in [0.5, 0.6) is 0 Å². The lowest BCUT2D eigenvalue weighted by Crippen LogP contribution is -2.39. The average Bonchev–Trinajstić information content (AvgIpc) is 3.13. The average molecular weight is 336 g/mol. The zero-order valence-electron chi connectivity index (χ0n) is 15.3. The van der Waals surface area contributed by atoms with Crippen molar-refractivity contribution in [2.45, 2.75) is 58.9 Å². The molecule has 1 heterocycles. The van der Waals surface area contributed by atoms with Crippen LogP contribution in [0.2, 0.25) is 0 Å². The van der Waals surface area contributed by atoms with E-state index in [1.165, 1.54) is 12.8 Å². The van der Waals surface area contributed by atoms with Gasteiger partial charge in [-0.15, -0.1) is 0 Å². The molecule has 0 atom stereocenters. The molecule has 0 saturated heterocycles. The van der Waals surface area contributed by atoms with Crippen LogP contribution in [0.15, 0.2) is 12.3 Å². The van der Waals surface area contributed by atoms with Gasteiger partial charge in [0, 0.05) is 25.8 Å². The first-order valence-electron chi connectivity index (χ1n) is 9.05. The number of nitrogens with one attached hydrogen (secondary N) is 1. The SMILES string of the molecule is CC(C)(C)CN(CCCO)CC(=O)Nc1ccnn1C1CCCC1. The summed E-state index contributed by atoms with van der Waals surface area (Å²) in [4.78, 5) is 14.6. The van der Waals surface area contributed by atoms with E-state index in [0.29, 0.717) is 19.0 Å². The van der Waals surface area contributed by atoms with E-state index in [4.69, 9.17) is 5.11 Å². The Kier molecular flexibility index (Phi) is 6.80. The summed E-state index contributed by atoms with van der Waals surface area (Å²) >= 11 is 0. The number of rotatable bonds is 8. The molecule has 1 amide bonds. The van der Waals surface area contributed by atoms with Gasteiger partial charge in [0.25, 0.3) is 0 Å². The lowest BCUT2D eigenvalue weighted by molar-refractivity contribution is -0.117. The van der Waals surface area contributed by atoms with E-state index in [0.717, 1.165) is 31.7 Å². The van der Waals surface area contributed by atoms with E-state index in [1.807, 2.05) is 10.7 Å². The number of aromatic nitrogens is 2. The minimum absolute atomic E-state index is 0.0167. The molecular formula is C18H32N4O2. The lowest BCUT2D eigenvalue weighted by Gasteiger charge is -2.29. The number of nitrogens with zero attached hydrogens (tertiary/aromatic N) is 3. The molecule has 0 unspecified atom stereocenters. The Morgan fingerprint density at radius 1 is 1.42 bits per heavy atom. The second-order valence-corrected chi connectivity index (χ2v) is 8.00. The fourth-order valence-electron chi connectivity index (χ4n) is 3.42. The number of carbonyl (C=O) groups is 1. The van der Waals surface area contributed by atoms with E-state index in [1.54, 1.807) is 6.20 Å². The summed E-state index contributed by atoms with van der Waals surface area (Å²) in [6, 6.07) is 2.29. The molecule has 6 heteroatoms. The van der Waals surface area contributed by atoms with Crippen molar-refractivity contribution in [2.24, 2.45) is 5.41 Å². The molecule has 1 aromatic heterocycles. The molecular weight excluding hydrogens is 304 g/mol. The Hall–Kier alpha value is -1.40. The van der Waals surface area contributed by atoms with Crippen molar-refractivity contribution in [3.05, 3.63) is 12.3 Å². The maximum atomic E-state index is 12.5. The third-order valence-electron chi connectivity index (χ3n) is 4.31. The quantitative estimate of drug-likeness (QED) is 0.766. The van der Waals surface area contributed by atoms with Crippen LogP contribution >= 0.6 is 0 Å². The largest absolute Gasteiger partial charge is 0.396 e. The maximum absolute atomic E-state index is 12.5. The van der Waals surface area contributed by atoms with Gasteiger partial charge in [-0.25, -0.2) is 4.68 Å². The Morgan fingerprint density at radius 3 is 2.75 bits per heavy atom. The molecule has 2 N–H and O–H groups in total. The van der Waals surface area contributed by atoms with Crippen LogP contribution in [0.4, 0.5) is 5.82 Å². The maximum Gasteiger partial charge on any atom is 0.239 e. The highest BCUT2D eigenvalue weighted by Gasteiger charge is 2.22. The van der Waals surface area contributed by atoms with Gasteiger partial charge in [-0.3, -0.25) is 9.69 Å². The van der Waals surface area contributed by atoms with Crippen molar-refractivity contribution >= 4 is 11.7 Å². The summed E-state index contributed by atoms with van der Waals surface area (Å²) in [6.07, 6.45) is 7.18. The Bertz CT molecular complexity index is 515. The van der Waals surface area contributed by atoms with E-state index in [-0.39, 0.29) is 17.9 Å². The minimum Gasteiger partial charge on any atom is -0.396 e. The zero-order valence-corrected chi connectivity index (χ0v) is 15.3. The summed E-state index contributed by atoms with van der Waals surface area (Å²) in [5, 5.41) is 16.5. The third-order valence-corrected chi connectivity index (χ3v) is 4.31. The molecule has 2 rings (SSSR count). The summed E-state index contributed by atoms with van der Waals surface area (Å²) in [7, 11) is 0. The first kappa shape index (κ1) is 18.9. The predicted octanol–water partition coefficient (Wildman–Crippen LogP) is 2.67. The summed E-state index contributed by atoms with van der Waals surface area (Å²) in [5.74, 6) is 0.779. The van der Waals surface area contributed by atoms with Gasteiger partial charge in [0.2, 0.25) is 5.91 Å². The number of hydrogen-bond donors (Lipinski definition) is 2. The molecule has 0 aromatic carbocycles. The summed E-state index contributed by atoms with van der Waals surface area (Å²) in [5.41, 5.74) is 0.112. The highest BCUT2D eigenvalue weighted by atomic mass is 16.3. The van der Waals surface area contributed by atoms with E-state index in [2.05, 4.69) is 36.1 Å². The van der Waals surface area contributed by atoms with Crippen LogP contribution in [-0.4, -0.2) is 51.9 Å². The van der Waals surface area contributed by atoms with Crippen LogP contribution in [-0.2, 0) is 4.79 Å².